The number of hydrogen-bond acceptors (Lipinski definition) is 2. The number of nitrogens with zero attached hydrogens (tertiary/aromatic N) is 2. The second-order valence-electron chi connectivity index (χ2n) is 4.86. The maximum absolute atomic E-state index is 11.2. The van der Waals surface area contributed by atoms with Crippen LogP contribution in [-0.4, -0.2) is 20.9 Å². The molecule has 0 bridgehead atoms. The molecule has 0 atom stereocenters. The summed E-state index contributed by atoms with van der Waals surface area (Å²) in [5, 5.41) is 13.5. The quantitative estimate of drug-likeness (QED) is 0.902. The van der Waals surface area contributed by atoms with Crippen molar-refractivity contribution < 1.29 is 9.90 Å². The average Bonchev–Trinajstić information content (AvgIpc) is 2.79. The molecule has 2 rings (SSSR count). The number of carbonyl (C=O) groups is 1. The zero-order valence-corrected chi connectivity index (χ0v) is 10.7. The van der Waals surface area contributed by atoms with Crippen LogP contribution in [0.5, 0.6) is 0 Å². The van der Waals surface area contributed by atoms with Gasteiger partial charge in [-0.2, -0.15) is 5.10 Å². The number of rotatable bonds is 3. The first kappa shape index (κ1) is 12.4. The lowest BCUT2D eigenvalue weighted by atomic mass is 9.90. The Morgan fingerprint density at radius 3 is 2.56 bits per heavy atom. The van der Waals surface area contributed by atoms with E-state index >= 15 is 0 Å². The summed E-state index contributed by atoms with van der Waals surface area (Å²) in [6.07, 6.45) is 1.79. The molecule has 0 saturated carbocycles. The van der Waals surface area contributed by atoms with Gasteiger partial charge in [0.1, 0.15) is 5.41 Å². The number of carboxylic acids is 1. The van der Waals surface area contributed by atoms with Gasteiger partial charge < -0.3 is 5.11 Å². The number of benzene rings is 1. The number of carboxylic acid groups (broad SMARTS) is 1. The van der Waals surface area contributed by atoms with Gasteiger partial charge in [-0.05, 0) is 38.5 Å². The highest BCUT2D eigenvalue weighted by Crippen LogP contribution is 2.23. The van der Waals surface area contributed by atoms with Crippen molar-refractivity contribution in [2.75, 3.05) is 0 Å². The monoisotopic (exact) mass is 244 g/mol. The largest absolute Gasteiger partial charge is 0.481 e. The molecule has 94 valence electrons. The predicted octanol–water partition coefficient (Wildman–Crippen LogP) is 2.54. The molecule has 1 N–H and O–H groups in total. The van der Waals surface area contributed by atoms with Crippen molar-refractivity contribution in [2.45, 2.75) is 26.2 Å². The van der Waals surface area contributed by atoms with Crippen LogP contribution in [0.2, 0.25) is 0 Å². The molecule has 4 nitrogen and oxygen atoms in total. The molecule has 0 spiro atoms. The Labute approximate surface area is 106 Å². The predicted molar refractivity (Wildman–Crippen MR) is 69.0 cm³/mol. The molecule has 0 amide bonds. The molecular formula is C14H16N2O2. The lowest BCUT2D eigenvalue weighted by molar-refractivity contribution is -0.142. The van der Waals surface area contributed by atoms with Crippen molar-refractivity contribution in [1.82, 2.24) is 9.78 Å². The van der Waals surface area contributed by atoms with Crippen LogP contribution < -0.4 is 0 Å². The van der Waals surface area contributed by atoms with E-state index in [2.05, 4.69) is 5.10 Å². The zero-order chi connectivity index (χ0) is 13.3. The summed E-state index contributed by atoms with van der Waals surface area (Å²) >= 11 is 0. The van der Waals surface area contributed by atoms with E-state index in [0.29, 0.717) is 5.69 Å². The van der Waals surface area contributed by atoms with E-state index in [-0.39, 0.29) is 0 Å². The Bertz CT molecular complexity index is 585. The van der Waals surface area contributed by atoms with E-state index in [4.69, 9.17) is 0 Å². The van der Waals surface area contributed by atoms with Crippen molar-refractivity contribution >= 4 is 5.97 Å². The molecule has 0 saturated heterocycles. The van der Waals surface area contributed by atoms with Crippen LogP contribution in [0.15, 0.2) is 36.5 Å². The molecule has 0 aliphatic carbocycles. The number of hydrogen-bond donors (Lipinski definition) is 1. The van der Waals surface area contributed by atoms with Crippen LogP contribution in [0, 0.1) is 6.92 Å². The lowest BCUT2D eigenvalue weighted by Crippen LogP contribution is -2.29. The normalized spacial score (nSPS) is 11.5. The Morgan fingerprint density at radius 1 is 1.28 bits per heavy atom. The number of aromatic nitrogens is 2. The smallest absolute Gasteiger partial charge is 0.315 e. The highest BCUT2D eigenvalue weighted by Gasteiger charge is 2.32. The van der Waals surface area contributed by atoms with Crippen LogP contribution in [0.4, 0.5) is 0 Å². The van der Waals surface area contributed by atoms with E-state index in [9.17, 15) is 9.90 Å². The molecule has 2 aromatic rings. The summed E-state index contributed by atoms with van der Waals surface area (Å²) in [6.45, 7) is 5.30. The summed E-state index contributed by atoms with van der Waals surface area (Å²) in [5.74, 6) is -0.877. The van der Waals surface area contributed by atoms with E-state index in [1.807, 2.05) is 31.2 Å². The molecule has 1 heterocycles. The van der Waals surface area contributed by atoms with Gasteiger partial charge in [0.05, 0.1) is 11.4 Å². The van der Waals surface area contributed by atoms with Crippen molar-refractivity contribution in [3.05, 3.63) is 47.8 Å². The summed E-state index contributed by atoms with van der Waals surface area (Å²) in [5.41, 5.74) is 1.64. The van der Waals surface area contributed by atoms with Gasteiger partial charge in [0.25, 0.3) is 0 Å². The molecule has 0 aliphatic rings. The molecule has 0 aliphatic heterocycles. The summed E-state index contributed by atoms with van der Waals surface area (Å²) in [4.78, 5) is 11.2. The highest BCUT2D eigenvalue weighted by atomic mass is 16.4. The van der Waals surface area contributed by atoms with Crippen LogP contribution in [0.3, 0.4) is 0 Å². The fourth-order valence-electron chi connectivity index (χ4n) is 1.72. The van der Waals surface area contributed by atoms with Crippen LogP contribution in [0.1, 0.15) is 25.1 Å². The second-order valence-corrected chi connectivity index (χ2v) is 4.86. The maximum atomic E-state index is 11.2. The third-order valence-corrected chi connectivity index (χ3v) is 3.13. The molecular weight excluding hydrogens is 228 g/mol. The van der Waals surface area contributed by atoms with Gasteiger partial charge >= 0.3 is 5.97 Å². The Hall–Kier alpha value is -2.10. The van der Waals surface area contributed by atoms with Crippen LogP contribution >= 0.6 is 0 Å². The van der Waals surface area contributed by atoms with Gasteiger partial charge in [-0.25, -0.2) is 4.68 Å². The summed E-state index contributed by atoms with van der Waals surface area (Å²) in [7, 11) is 0. The van der Waals surface area contributed by atoms with Crippen molar-refractivity contribution in [1.29, 1.82) is 0 Å². The Morgan fingerprint density at radius 2 is 1.94 bits per heavy atom. The summed E-state index contributed by atoms with van der Waals surface area (Å²) < 4.78 is 1.72. The molecule has 1 aromatic carbocycles. The minimum atomic E-state index is -0.978. The van der Waals surface area contributed by atoms with Gasteiger partial charge in [-0.3, -0.25) is 4.79 Å². The lowest BCUT2D eigenvalue weighted by Gasteiger charge is -2.15. The van der Waals surface area contributed by atoms with Crippen molar-refractivity contribution in [3.8, 4) is 5.69 Å². The van der Waals surface area contributed by atoms with E-state index < -0.39 is 11.4 Å². The van der Waals surface area contributed by atoms with Gasteiger partial charge in [0.15, 0.2) is 0 Å². The molecule has 0 fully saturated rings. The molecule has 18 heavy (non-hydrogen) atoms. The van der Waals surface area contributed by atoms with Crippen molar-refractivity contribution in [2.24, 2.45) is 0 Å². The van der Waals surface area contributed by atoms with E-state index in [0.717, 1.165) is 11.3 Å². The van der Waals surface area contributed by atoms with Gasteiger partial charge in [0.2, 0.25) is 0 Å². The topological polar surface area (TPSA) is 55.1 Å². The molecule has 1 aromatic heterocycles. The average molecular weight is 244 g/mol. The SMILES string of the molecule is Cc1ccccc1-n1ccc(C(C)(C)C(=O)O)n1. The molecule has 0 radical (unpaired) electrons. The first-order valence-electron chi connectivity index (χ1n) is 5.78. The molecule has 0 unspecified atom stereocenters. The van der Waals surface area contributed by atoms with Gasteiger partial charge in [-0.15, -0.1) is 0 Å². The fourth-order valence-corrected chi connectivity index (χ4v) is 1.72. The maximum Gasteiger partial charge on any atom is 0.315 e. The van der Waals surface area contributed by atoms with E-state index in [1.54, 1.807) is 30.8 Å². The standard InChI is InChI=1S/C14H16N2O2/c1-10-6-4-5-7-11(10)16-9-8-12(15-16)14(2,3)13(17)18/h4-9H,1-3H3,(H,17,18). The fraction of sp³-hybridized carbons (Fsp3) is 0.286. The number of aryl methyl sites for hydroxylation is 1. The first-order valence-corrected chi connectivity index (χ1v) is 5.78. The second kappa shape index (κ2) is 4.29. The van der Waals surface area contributed by atoms with E-state index in [1.165, 1.54) is 0 Å². The number of aliphatic carboxylic acids is 1. The van der Waals surface area contributed by atoms with Gasteiger partial charge in [-0.1, -0.05) is 18.2 Å². The van der Waals surface area contributed by atoms with Crippen LogP contribution in [-0.2, 0) is 10.2 Å². The third-order valence-electron chi connectivity index (χ3n) is 3.13. The first-order chi connectivity index (χ1) is 8.43. The number of para-hydroxylation sites is 1. The third kappa shape index (κ3) is 2.01. The zero-order valence-electron chi connectivity index (χ0n) is 10.7. The van der Waals surface area contributed by atoms with Gasteiger partial charge in [0, 0.05) is 6.20 Å². The van der Waals surface area contributed by atoms with Crippen LogP contribution in [0.25, 0.3) is 5.69 Å². The Balaban J connectivity index is 2.44. The molecule has 4 heteroatoms. The highest BCUT2D eigenvalue weighted by molar-refractivity contribution is 5.79. The van der Waals surface area contributed by atoms with Crippen molar-refractivity contribution in [3.63, 3.8) is 0 Å². The summed E-state index contributed by atoms with van der Waals surface area (Å²) in [6, 6.07) is 9.61. The minimum Gasteiger partial charge on any atom is -0.481 e. The minimum absolute atomic E-state index is 0.554. The Kier molecular flexibility index (Phi) is 2.95.